The standard InChI is InChI=1S/C22H29N5O2/c1-14-12-22(13-27(14)20(28)29-21(3,4)5)8-7-16-11-17(15(2)25-18(16)26-22)19-23-9-6-10-24-19/h6,9-11,14H,7-8,12-13H2,1-5H3,(H,25,26). The zero-order chi connectivity index (χ0) is 20.8. The summed E-state index contributed by atoms with van der Waals surface area (Å²) in [6.45, 7) is 10.4. The predicted octanol–water partition coefficient (Wildman–Crippen LogP) is 3.97. The fourth-order valence-electron chi connectivity index (χ4n) is 4.36. The van der Waals surface area contributed by atoms with Crippen LogP contribution in [0.3, 0.4) is 0 Å². The molecule has 7 nitrogen and oxygen atoms in total. The van der Waals surface area contributed by atoms with Gasteiger partial charge in [0.25, 0.3) is 0 Å². The summed E-state index contributed by atoms with van der Waals surface area (Å²) in [4.78, 5) is 28.1. The van der Waals surface area contributed by atoms with Crippen LogP contribution < -0.4 is 5.32 Å². The highest BCUT2D eigenvalue weighted by atomic mass is 16.6. The molecule has 4 rings (SSSR count). The molecule has 29 heavy (non-hydrogen) atoms. The summed E-state index contributed by atoms with van der Waals surface area (Å²) >= 11 is 0. The molecular formula is C22H29N5O2. The van der Waals surface area contributed by atoms with Gasteiger partial charge in [-0.3, -0.25) is 0 Å². The van der Waals surface area contributed by atoms with E-state index in [1.807, 2.05) is 38.7 Å². The second kappa shape index (κ2) is 6.97. The molecule has 2 aromatic rings. The number of likely N-dealkylation sites (tertiary alicyclic amines) is 1. The van der Waals surface area contributed by atoms with E-state index in [4.69, 9.17) is 9.72 Å². The number of ether oxygens (including phenoxy) is 1. The zero-order valence-corrected chi connectivity index (χ0v) is 17.8. The Labute approximate surface area is 171 Å². The Bertz CT molecular complexity index is 925. The van der Waals surface area contributed by atoms with E-state index in [0.717, 1.165) is 36.3 Å². The van der Waals surface area contributed by atoms with Crippen LogP contribution in [0.1, 0.15) is 51.8 Å². The largest absolute Gasteiger partial charge is 0.444 e. The normalized spacial score (nSPS) is 23.6. The molecule has 2 unspecified atom stereocenters. The van der Waals surface area contributed by atoms with Crippen LogP contribution in [0.15, 0.2) is 24.5 Å². The molecule has 2 aliphatic rings. The van der Waals surface area contributed by atoms with Gasteiger partial charge < -0.3 is 15.0 Å². The Morgan fingerprint density at radius 1 is 1.31 bits per heavy atom. The molecule has 1 fully saturated rings. The third-order valence-electron chi connectivity index (χ3n) is 5.67. The second-order valence-electron chi connectivity index (χ2n) is 9.27. The van der Waals surface area contributed by atoms with E-state index in [1.165, 1.54) is 5.56 Å². The smallest absolute Gasteiger partial charge is 0.410 e. The van der Waals surface area contributed by atoms with Crippen molar-refractivity contribution >= 4 is 11.9 Å². The number of amides is 1. The molecular weight excluding hydrogens is 366 g/mol. The fourth-order valence-corrected chi connectivity index (χ4v) is 4.36. The van der Waals surface area contributed by atoms with Crippen LogP contribution in [0.4, 0.5) is 10.6 Å². The van der Waals surface area contributed by atoms with Crippen molar-refractivity contribution in [2.45, 2.75) is 71.1 Å². The van der Waals surface area contributed by atoms with E-state index < -0.39 is 5.60 Å². The topological polar surface area (TPSA) is 80.2 Å². The molecule has 0 saturated carbocycles. The quantitative estimate of drug-likeness (QED) is 0.787. The van der Waals surface area contributed by atoms with E-state index in [-0.39, 0.29) is 17.7 Å². The van der Waals surface area contributed by atoms with Gasteiger partial charge >= 0.3 is 6.09 Å². The monoisotopic (exact) mass is 395 g/mol. The number of aryl methyl sites for hydroxylation is 2. The van der Waals surface area contributed by atoms with Gasteiger partial charge in [-0.25, -0.2) is 19.7 Å². The van der Waals surface area contributed by atoms with Gasteiger partial charge in [0.05, 0.1) is 11.2 Å². The van der Waals surface area contributed by atoms with Gasteiger partial charge in [-0.15, -0.1) is 0 Å². The molecule has 0 aromatic carbocycles. The van der Waals surface area contributed by atoms with E-state index in [2.05, 4.69) is 28.3 Å². The highest BCUT2D eigenvalue weighted by molar-refractivity contribution is 5.70. The number of hydrogen-bond donors (Lipinski definition) is 1. The minimum Gasteiger partial charge on any atom is -0.444 e. The number of aromatic nitrogens is 3. The van der Waals surface area contributed by atoms with Crippen LogP contribution in [0.5, 0.6) is 0 Å². The summed E-state index contributed by atoms with van der Waals surface area (Å²) in [6, 6.07) is 4.09. The molecule has 1 saturated heterocycles. The van der Waals surface area contributed by atoms with Gasteiger partial charge in [0, 0.05) is 30.5 Å². The summed E-state index contributed by atoms with van der Waals surface area (Å²) in [5, 5.41) is 3.67. The summed E-state index contributed by atoms with van der Waals surface area (Å²) in [7, 11) is 0. The van der Waals surface area contributed by atoms with Crippen LogP contribution in [0.2, 0.25) is 0 Å². The Hall–Kier alpha value is -2.70. The number of nitrogens with one attached hydrogen (secondary N) is 1. The van der Waals surface area contributed by atoms with Gasteiger partial charge in [0.15, 0.2) is 5.82 Å². The lowest BCUT2D eigenvalue weighted by atomic mass is 9.85. The SMILES string of the molecule is Cc1nc2c(cc1-c1ncccn1)CCC1(CC(C)N(C(=O)OC(C)(C)C)C1)N2. The maximum Gasteiger partial charge on any atom is 0.410 e. The number of hydrogen-bond acceptors (Lipinski definition) is 6. The van der Waals surface area contributed by atoms with Gasteiger partial charge in [-0.2, -0.15) is 0 Å². The van der Waals surface area contributed by atoms with Gasteiger partial charge in [0.2, 0.25) is 0 Å². The van der Waals surface area contributed by atoms with Crippen molar-refractivity contribution in [3.63, 3.8) is 0 Å². The maximum atomic E-state index is 12.6. The zero-order valence-electron chi connectivity index (χ0n) is 17.8. The number of fused-ring (bicyclic) bond motifs is 1. The van der Waals surface area contributed by atoms with E-state index in [0.29, 0.717) is 12.4 Å². The van der Waals surface area contributed by atoms with Crippen LogP contribution in [-0.2, 0) is 11.2 Å². The maximum absolute atomic E-state index is 12.6. The third-order valence-corrected chi connectivity index (χ3v) is 5.67. The van der Waals surface area contributed by atoms with Crippen molar-refractivity contribution in [1.82, 2.24) is 19.9 Å². The molecule has 2 atom stereocenters. The summed E-state index contributed by atoms with van der Waals surface area (Å²) in [6.07, 6.45) is 6.00. The second-order valence-corrected chi connectivity index (χ2v) is 9.27. The summed E-state index contributed by atoms with van der Waals surface area (Å²) < 4.78 is 5.61. The first-order chi connectivity index (χ1) is 13.7. The highest BCUT2D eigenvalue weighted by Gasteiger charge is 2.47. The number of pyridine rings is 1. The van der Waals surface area contributed by atoms with Crippen molar-refractivity contribution in [2.24, 2.45) is 0 Å². The fraction of sp³-hybridized carbons (Fsp3) is 0.545. The lowest BCUT2D eigenvalue weighted by Crippen LogP contribution is -2.46. The van der Waals surface area contributed by atoms with Gasteiger partial charge in [-0.05, 0) is 71.6 Å². The Balaban J connectivity index is 1.56. The van der Waals surface area contributed by atoms with Crippen molar-refractivity contribution in [1.29, 1.82) is 0 Å². The molecule has 1 amide bonds. The van der Waals surface area contributed by atoms with Crippen molar-refractivity contribution < 1.29 is 9.53 Å². The van der Waals surface area contributed by atoms with E-state index >= 15 is 0 Å². The predicted molar refractivity (Wildman–Crippen MR) is 112 cm³/mol. The van der Waals surface area contributed by atoms with Crippen molar-refractivity contribution in [2.75, 3.05) is 11.9 Å². The number of anilines is 1. The molecule has 0 aliphatic carbocycles. The molecule has 1 N–H and O–H groups in total. The number of carbonyl (C=O) groups excluding carboxylic acids is 1. The molecule has 0 bridgehead atoms. The average molecular weight is 396 g/mol. The van der Waals surface area contributed by atoms with Crippen LogP contribution in [0, 0.1) is 6.92 Å². The molecule has 2 aliphatic heterocycles. The van der Waals surface area contributed by atoms with E-state index in [1.54, 1.807) is 12.4 Å². The molecule has 0 radical (unpaired) electrons. The van der Waals surface area contributed by atoms with Gasteiger partial charge in [-0.1, -0.05) is 0 Å². The number of rotatable bonds is 1. The van der Waals surface area contributed by atoms with Gasteiger partial charge in [0.1, 0.15) is 11.4 Å². The lowest BCUT2D eigenvalue weighted by molar-refractivity contribution is 0.0231. The molecule has 4 heterocycles. The summed E-state index contributed by atoms with van der Waals surface area (Å²) in [5.41, 5.74) is 2.39. The minimum absolute atomic E-state index is 0.122. The minimum atomic E-state index is -0.492. The first kappa shape index (κ1) is 19.6. The Morgan fingerprint density at radius 3 is 2.72 bits per heavy atom. The van der Waals surface area contributed by atoms with E-state index in [9.17, 15) is 4.79 Å². The molecule has 1 spiro atoms. The van der Waals surface area contributed by atoms with Crippen molar-refractivity contribution in [3.05, 3.63) is 35.8 Å². The van der Waals surface area contributed by atoms with Crippen LogP contribution in [-0.4, -0.2) is 49.7 Å². The Morgan fingerprint density at radius 2 is 2.03 bits per heavy atom. The van der Waals surface area contributed by atoms with Crippen LogP contribution >= 0.6 is 0 Å². The Kier molecular flexibility index (Phi) is 4.71. The highest BCUT2D eigenvalue weighted by Crippen LogP contribution is 2.40. The van der Waals surface area contributed by atoms with Crippen molar-refractivity contribution in [3.8, 4) is 11.4 Å². The first-order valence-corrected chi connectivity index (χ1v) is 10.2. The molecule has 7 heteroatoms. The number of nitrogens with zero attached hydrogens (tertiary/aromatic N) is 4. The lowest BCUT2D eigenvalue weighted by Gasteiger charge is -2.36. The molecule has 154 valence electrons. The third kappa shape index (κ3) is 3.91. The molecule has 2 aromatic heterocycles. The summed E-state index contributed by atoms with van der Waals surface area (Å²) in [5.74, 6) is 1.61. The first-order valence-electron chi connectivity index (χ1n) is 10.2. The number of carbonyl (C=O) groups is 1. The van der Waals surface area contributed by atoms with Crippen LogP contribution in [0.25, 0.3) is 11.4 Å². The average Bonchev–Trinajstić information content (AvgIpc) is 2.96.